The summed E-state index contributed by atoms with van der Waals surface area (Å²) in [4.78, 5) is 0. The van der Waals surface area contributed by atoms with E-state index in [9.17, 15) is 10.2 Å². The molecule has 0 spiro atoms. The van der Waals surface area contributed by atoms with Crippen LogP contribution in [0.3, 0.4) is 0 Å². The number of methoxy groups -OCH3 is 6. The first-order valence-corrected chi connectivity index (χ1v) is 11.8. The lowest BCUT2D eigenvalue weighted by Gasteiger charge is -2.41. The van der Waals surface area contributed by atoms with Crippen LogP contribution in [-0.4, -0.2) is 52.9 Å². The van der Waals surface area contributed by atoms with Gasteiger partial charge in [0.2, 0.25) is 0 Å². The second-order valence-electron chi connectivity index (χ2n) is 9.17. The maximum absolute atomic E-state index is 11.8. The summed E-state index contributed by atoms with van der Waals surface area (Å²) in [7, 11) is 9.37. The van der Waals surface area contributed by atoms with Crippen LogP contribution < -0.4 is 28.4 Å². The van der Waals surface area contributed by atoms with Gasteiger partial charge in [0.05, 0.1) is 54.9 Å². The number of ether oxygens (including phenoxy) is 6. The van der Waals surface area contributed by atoms with Crippen LogP contribution in [0.5, 0.6) is 34.5 Å². The zero-order valence-corrected chi connectivity index (χ0v) is 22.2. The van der Waals surface area contributed by atoms with E-state index in [1.165, 1.54) is 14.2 Å². The lowest BCUT2D eigenvalue weighted by atomic mass is 9.65. The van der Waals surface area contributed by atoms with Crippen molar-refractivity contribution in [2.75, 3.05) is 42.7 Å². The van der Waals surface area contributed by atoms with Crippen molar-refractivity contribution in [3.8, 4) is 34.5 Å². The molecule has 0 bridgehead atoms. The molecule has 0 aliphatic heterocycles. The minimum atomic E-state index is -1.10. The average molecular weight is 511 g/mol. The smallest absolute Gasteiger partial charge is 0.161 e. The molecule has 0 saturated carbocycles. The van der Waals surface area contributed by atoms with E-state index in [1.54, 1.807) is 40.6 Å². The predicted octanol–water partition coefficient (Wildman–Crippen LogP) is 4.66. The first-order chi connectivity index (χ1) is 17.8. The summed E-state index contributed by atoms with van der Waals surface area (Å²) in [5.41, 5.74) is 1.70. The van der Waals surface area contributed by atoms with Crippen LogP contribution in [0.4, 0.5) is 0 Å². The maximum Gasteiger partial charge on any atom is 0.161 e. The minimum absolute atomic E-state index is 0.477. The molecule has 0 aromatic heterocycles. The largest absolute Gasteiger partial charge is 0.493 e. The summed E-state index contributed by atoms with van der Waals surface area (Å²) < 4.78 is 33.0. The van der Waals surface area contributed by atoms with Crippen LogP contribution in [0, 0.1) is 5.41 Å². The molecule has 0 radical (unpaired) electrons. The number of fused-ring (bicyclic) bond motifs is 1. The van der Waals surface area contributed by atoms with Gasteiger partial charge < -0.3 is 38.6 Å². The third-order valence-electron chi connectivity index (χ3n) is 7.46. The van der Waals surface area contributed by atoms with Crippen molar-refractivity contribution in [2.24, 2.45) is 5.41 Å². The van der Waals surface area contributed by atoms with Crippen molar-refractivity contribution in [1.82, 2.24) is 0 Å². The van der Waals surface area contributed by atoms with Gasteiger partial charge in [-0.05, 0) is 58.7 Å². The monoisotopic (exact) mass is 510 g/mol. The molecular weight excluding hydrogens is 476 g/mol. The molecule has 0 amide bonds. The van der Waals surface area contributed by atoms with E-state index >= 15 is 0 Å². The van der Waals surface area contributed by atoms with Gasteiger partial charge in [0.1, 0.15) is 0 Å². The van der Waals surface area contributed by atoms with E-state index in [2.05, 4.69) is 0 Å². The van der Waals surface area contributed by atoms with Gasteiger partial charge in [-0.2, -0.15) is 0 Å². The quantitative estimate of drug-likeness (QED) is 0.429. The zero-order valence-electron chi connectivity index (χ0n) is 22.2. The Kier molecular flexibility index (Phi) is 7.43. The third kappa shape index (κ3) is 4.20. The van der Waals surface area contributed by atoms with E-state index in [1.807, 2.05) is 43.3 Å². The molecule has 1 aliphatic rings. The highest BCUT2D eigenvalue weighted by molar-refractivity contribution is 5.56. The minimum Gasteiger partial charge on any atom is -0.493 e. The lowest BCUT2D eigenvalue weighted by molar-refractivity contribution is -0.0518. The van der Waals surface area contributed by atoms with E-state index in [0.29, 0.717) is 45.6 Å². The van der Waals surface area contributed by atoms with Crippen molar-refractivity contribution < 1.29 is 38.6 Å². The van der Waals surface area contributed by atoms with Crippen LogP contribution >= 0.6 is 0 Å². The molecule has 2 N–H and O–H groups in total. The summed E-state index contributed by atoms with van der Waals surface area (Å²) in [6.07, 6.45) is -2.08. The van der Waals surface area contributed by atoms with E-state index in [-0.39, 0.29) is 0 Å². The van der Waals surface area contributed by atoms with Gasteiger partial charge in [-0.15, -0.1) is 0 Å². The molecule has 0 saturated heterocycles. The second kappa shape index (κ2) is 10.4. The highest BCUT2D eigenvalue weighted by atomic mass is 16.5. The van der Waals surface area contributed by atoms with Crippen LogP contribution in [-0.2, 0) is 0 Å². The maximum atomic E-state index is 11.8. The molecule has 37 heavy (non-hydrogen) atoms. The van der Waals surface area contributed by atoms with Crippen LogP contribution in [0.2, 0.25) is 0 Å². The fourth-order valence-corrected chi connectivity index (χ4v) is 5.49. The fraction of sp³-hybridized carbons (Fsp3) is 0.379. The number of benzene rings is 3. The number of aliphatic hydroxyl groups is 2. The van der Waals surface area contributed by atoms with Crippen LogP contribution in [0.15, 0.2) is 48.5 Å². The van der Waals surface area contributed by atoms with Gasteiger partial charge in [0.15, 0.2) is 34.5 Å². The summed E-state index contributed by atoms with van der Waals surface area (Å²) in [5, 5.41) is 23.7. The highest BCUT2D eigenvalue weighted by Gasteiger charge is 2.55. The van der Waals surface area contributed by atoms with Gasteiger partial charge in [-0.25, -0.2) is 0 Å². The van der Waals surface area contributed by atoms with E-state index < -0.39 is 23.5 Å². The molecule has 198 valence electrons. The Bertz CT molecular complexity index is 1180. The zero-order chi connectivity index (χ0) is 26.9. The molecule has 0 fully saturated rings. The first kappa shape index (κ1) is 26.4. The predicted molar refractivity (Wildman–Crippen MR) is 139 cm³/mol. The molecule has 4 rings (SSSR count). The number of rotatable bonds is 9. The molecule has 1 unspecified atom stereocenters. The van der Waals surface area contributed by atoms with Crippen LogP contribution in [0.25, 0.3) is 0 Å². The van der Waals surface area contributed by atoms with E-state index in [4.69, 9.17) is 28.4 Å². The standard InChI is InChI=1S/C29H34O8/c1-29(27(30)18-14-24(36-6)25(37-7)15-19(18)28(29)31)26(16-8-10-20(32-2)22(12-16)34-4)17-9-11-21(33-3)23(13-17)35-5/h8-15,26-28,30-31H,1-7H3/t27-,28+,29?. The average Bonchev–Trinajstić information content (AvgIpc) is 3.12. The highest BCUT2D eigenvalue weighted by Crippen LogP contribution is 2.63. The van der Waals surface area contributed by atoms with Gasteiger partial charge in [0.25, 0.3) is 0 Å². The van der Waals surface area contributed by atoms with Crippen molar-refractivity contribution in [3.63, 3.8) is 0 Å². The summed E-state index contributed by atoms with van der Waals surface area (Å²) in [5.74, 6) is 2.69. The second-order valence-corrected chi connectivity index (χ2v) is 9.17. The molecule has 3 aromatic rings. The lowest BCUT2D eigenvalue weighted by Crippen LogP contribution is -2.34. The molecule has 0 heterocycles. The summed E-state index contributed by atoms with van der Waals surface area (Å²) in [6.45, 7) is 1.87. The van der Waals surface area contributed by atoms with Gasteiger partial charge in [-0.1, -0.05) is 19.1 Å². The number of hydrogen-bond acceptors (Lipinski definition) is 8. The molecule has 3 aromatic carbocycles. The summed E-state index contributed by atoms with van der Waals surface area (Å²) in [6, 6.07) is 14.7. The van der Waals surface area contributed by atoms with Gasteiger partial charge >= 0.3 is 0 Å². The van der Waals surface area contributed by atoms with Crippen LogP contribution in [0.1, 0.15) is 47.3 Å². The Morgan fingerprint density at radius 3 is 1.19 bits per heavy atom. The molecule has 8 nitrogen and oxygen atoms in total. The summed E-state index contributed by atoms with van der Waals surface area (Å²) >= 11 is 0. The van der Waals surface area contributed by atoms with Crippen molar-refractivity contribution in [1.29, 1.82) is 0 Å². The van der Waals surface area contributed by atoms with Crippen molar-refractivity contribution in [3.05, 3.63) is 70.8 Å². The third-order valence-corrected chi connectivity index (χ3v) is 7.46. The molecule has 1 aliphatic carbocycles. The fourth-order valence-electron chi connectivity index (χ4n) is 5.49. The van der Waals surface area contributed by atoms with Gasteiger partial charge in [0, 0.05) is 11.3 Å². The Labute approximate surface area is 217 Å². The van der Waals surface area contributed by atoms with Crippen molar-refractivity contribution >= 4 is 0 Å². The Balaban J connectivity index is 1.97. The topological polar surface area (TPSA) is 95.8 Å². The van der Waals surface area contributed by atoms with Gasteiger partial charge in [-0.3, -0.25) is 0 Å². The molecule has 3 atom stereocenters. The Morgan fingerprint density at radius 2 is 0.865 bits per heavy atom. The molecule has 8 heteroatoms. The first-order valence-electron chi connectivity index (χ1n) is 11.8. The SMILES string of the molecule is COc1ccc(C(c2ccc(OC)c(OC)c2)C2(C)[C@H](O)c3cc(OC)c(OC)cc3[C@@H]2O)cc1OC. The number of aliphatic hydroxyl groups excluding tert-OH is 2. The molecular formula is C29H34O8. The number of hydrogen-bond donors (Lipinski definition) is 2. The van der Waals surface area contributed by atoms with Crippen molar-refractivity contribution in [2.45, 2.75) is 25.0 Å². The normalized spacial score (nSPS) is 20.4. The Morgan fingerprint density at radius 1 is 0.541 bits per heavy atom. The van der Waals surface area contributed by atoms with E-state index in [0.717, 1.165) is 11.1 Å². The Hall–Kier alpha value is -3.62.